The first-order valence-electron chi connectivity index (χ1n) is 10.8. The summed E-state index contributed by atoms with van der Waals surface area (Å²) in [6, 6.07) is 6.75. The number of furan rings is 1. The van der Waals surface area contributed by atoms with E-state index in [-0.39, 0.29) is 11.8 Å². The zero-order chi connectivity index (χ0) is 20.1. The molecule has 0 unspecified atom stereocenters. The lowest BCUT2D eigenvalue weighted by Crippen LogP contribution is -2.50. The number of carbonyl (C=O) groups is 1. The van der Waals surface area contributed by atoms with Crippen molar-refractivity contribution in [1.82, 2.24) is 19.7 Å². The molecule has 0 radical (unpaired) electrons. The second kappa shape index (κ2) is 9.55. The van der Waals surface area contributed by atoms with Crippen LogP contribution in [0.25, 0.3) is 0 Å². The van der Waals surface area contributed by atoms with Gasteiger partial charge in [0.25, 0.3) is 0 Å². The maximum absolute atomic E-state index is 13.0. The first kappa shape index (κ1) is 20.1. The Labute approximate surface area is 173 Å². The third-order valence-electron chi connectivity index (χ3n) is 6.41. The second-order valence-corrected chi connectivity index (χ2v) is 8.52. The molecule has 2 aromatic rings. The van der Waals surface area contributed by atoms with E-state index in [2.05, 4.69) is 26.9 Å². The van der Waals surface area contributed by atoms with E-state index in [9.17, 15) is 4.79 Å². The fourth-order valence-electron chi connectivity index (χ4n) is 4.77. The van der Waals surface area contributed by atoms with Crippen LogP contribution in [0.5, 0.6) is 0 Å². The maximum atomic E-state index is 13.0. The van der Waals surface area contributed by atoms with Crippen molar-refractivity contribution in [3.05, 3.63) is 54.2 Å². The van der Waals surface area contributed by atoms with Crippen LogP contribution < -0.4 is 0 Å². The summed E-state index contributed by atoms with van der Waals surface area (Å²) >= 11 is 0. The van der Waals surface area contributed by atoms with Crippen LogP contribution in [-0.4, -0.2) is 64.9 Å². The van der Waals surface area contributed by atoms with E-state index in [0.29, 0.717) is 12.6 Å². The minimum Gasteiger partial charge on any atom is -0.472 e. The van der Waals surface area contributed by atoms with Crippen LogP contribution in [0.15, 0.2) is 47.5 Å². The summed E-state index contributed by atoms with van der Waals surface area (Å²) in [5, 5.41) is 0. The number of amides is 1. The number of carbonyl (C=O) groups excluding carboxylic acids is 1. The first-order chi connectivity index (χ1) is 14.2. The molecule has 2 aromatic heterocycles. The highest BCUT2D eigenvalue weighted by Crippen LogP contribution is 2.26. The van der Waals surface area contributed by atoms with Gasteiger partial charge in [0.05, 0.1) is 18.4 Å². The summed E-state index contributed by atoms with van der Waals surface area (Å²) in [6.07, 6.45) is 11.6. The number of piperidine rings is 2. The van der Waals surface area contributed by atoms with Gasteiger partial charge in [0.1, 0.15) is 0 Å². The molecular weight excluding hydrogens is 364 g/mol. The van der Waals surface area contributed by atoms with Gasteiger partial charge in [0, 0.05) is 50.7 Å². The summed E-state index contributed by atoms with van der Waals surface area (Å²) < 4.78 is 5.13. The molecule has 4 heterocycles. The normalized spacial score (nSPS) is 21.9. The molecule has 2 aliphatic rings. The fourth-order valence-corrected chi connectivity index (χ4v) is 4.77. The third kappa shape index (κ3) is 5.25. The van der Waals surface area contributed by atoms with Crippen molar-refractivity contribution in [2.75, 3.05) is 33.2 Å². The van der Waals surface area contributed by atoms with E-state index in [1.807, 2.05) is 30.4 Å². The van der Waals surface area contributed by atoms with Gasteiger partial charge in [-0.3, -0.25) is 19.6 Å². The lowest BCUT2D eigenvalue weighted by atomic mass is 9.92. The van der Waals surface area contributed by atoms with Crippen LogP contribution in [0.3, 0.4) is 0 Å². The summed E-state index contributed by atoms with van der Waals surface area (Å²) in [6.45, 7) is 5.92. The Kier molecular flexibility index (Phi) is 6.62. The van der Waals surface area contributed by atoms with Gasteiger partial charge in [-0.25, -0.2) is 0 Å². The molecule has 0 aliphatic carbocycles. The number of likely N-dealkylation sites (tertiary alicyclic amines) is 2. The zero-order valence-electron chi connectivity index (χ0n) is 17.4. The Balaban J connectivity index is 1.26. The highest BCUT2D eigenvalue weighted by Gasteiger charge is 2.32. The molecule has 1 atom stereocenters. The molecule has 2 saturated heterocycles. The van der Waals surface area contributed by atoms with Crippen LogP contribution in [0.2, 0.25) is 0 Å². The highest BCUT2D eigenvalue weighted by atomic mass is 16.3. The molecule has 0 saturated carbocycles. The molecule has 2 aliphatic heterocycles. The number of hydrogen-bond donors (Lipinski definition) is 0. The quantitative estimate of drug-likeness (QED) is 0.751. The van der Waals surface area contributed by atoms with Crippen molar-refractivity contribution in [3.63, 3.8) is 0 Å². The van der Waals surface area contributed by atoms with E-state index in [4.69, 9.17) is 4.42 Å². The molecule has 0 spiro atoms. The molecular formula is C23H32N4O2. The first-order valence-corrected chi connectivity index (χ1v) is 10.8. The van der Waals surface area contributed by atoms with Crippen molar-refractivity contribution in [3.8, 4) is 0 Å². The molecule has 29 heavy (non-hydrogen) atoms. The molecule has 6 nitrogen and oxygen atoms in total. The summed E-state index contributed by atoms with van der Waals surface area (Å²) in [5.74, 6) is 0.390. The lowest BCUT2D eigenvalue weighted by molar-refractivity contribution is -0.137. The van der Waals surface area contributed by atoms with Gasteiger partial charge in [-0.2, -0.15) is 0 Å². The van der Waals surface area contributed by atoms with Gasteiger partial charge < -0.3 is 9.32 Å². The van der Waals surface area contributed by atoms with Gasteiger partial charge >= 0.3 is 0 Å². The Hall–Kier alpha value is -2.18. The number of aromatic nitrogens is 1. The maximum Gasteiger partial charge on any atom is 0.227 e. The molecule has 156 valence electrons. The van der Waals surface area contributed by atoms with Crippen LogP contribution in [0.4, 0.5) is 0 Å². The summed E-state index contributed by atoms with van der Waals surface area (Å²) in [4.78, 5) is 24.0. The zero-order valence-corrected chi connectivity index (χ0v) is 17.4. The van der Waals surface area contributed by atoms with E-state index < -0.39 is 0 Å². The minimum atomic E-state index is 0.121. The average molecular weight is 397 g/mol. The molecule has 6 heteroatoms. The minimum absolute atomic E-state index is 0.121. The monoisotopic (exact) mass is 396 g/mol. The van der Waals surface area contributed by atoms with E-state index in [1.165, 1.54) is 18.4 Å². The van der Waals surface area contributed by atoms with Crippen molar-refractivity contribution in [1.29, 1.82) is 0 Å². The van der Waals surface area contributed by atoms with Crippen molar-refractivity contribution >= 4 is 5.91 Å². The number of nitrogens with zero attached hydrogens (tertiary/aromatic N) is 4. The molecule has 0 bridgehead atoms. The van der Waals surface area contributed by atoms with E-state index in [0.717, 1.165) is 51.1 Å². The topological polar surface area (TPSA) is 52.8 Å². The Morgan fingerprint density at radius 3 is 2.66 bits per heavy atom. The number of rotatable bonds is 6. The van der Waals surface area contributed by atoms with E-state index in [1.54, 1.807) is 12.5 Å². The fraction of sp³-hybridized carbons (Fsp3) is 0.565. The molecule has 1 amide bonds. The van der Waals surface area contributed by atoms with Crippen molar-refractivity contribution in [2.45, 2.75) is 44.8 Å². The second-order valence-electron chi connectivity index (χ2n) is 8.52. The highest BCUT2D eigenvalue weighted by molar-refractivity contribution is 5.78. The van der Waals surface area contributed by atoms with Gasteiger partial charge in [-0.15, -0.1) is 0 Å². The molecule has 0 N–H and O–H groups in total. The SMILES string of the molecule is CN(Cc1ccoc1)C(=O)[C@@H]1CCCN(C2CCN(Cc3ccncc3)CC2)C1. The van der Waals surface area contributed by atoms with Crippen molar-refractivity contribution in [2.24, 2.45) is 5.92 Å². The molecule has 0 aromatic carbocycles. The summed E-state index contributed by atoms with van der Waals surface area (Å²) in [7, 11) is 1.91. The predicted molar refractivity (Wildman–Crippen MR) is 112 cm³/mol. The van der Waals surface area contributed by atoms with E-state index >= 15 is 0 Å². The van der Waals surface area contributed by atoms with Crippen LogP contribution in [0.1, 0.15) is 36.8 Å². The molecule has 2 fully saturated rings. The number of hydrogen-bond acceptors (Lipinski definition) is 5. The van der Waals surface area contributed by atoms with Gasteiger partial charge in [0.15, 0.2) is 0 Å². The largest absolute Gasteiger partial charge is 0.472 e. The smallest absolute Gasteiger partial charge is 0.227 e. The molecule has 4 rings (SSSR count). The van der Waals surface area contributed by atoms with Crippen molar-refractivity contribution < 1.29 is 9.21 Å². The van der Waals surface area contributed by atoms with Crippen LogP contribution >= 0.6 is 0 Å². The average Bonchev–Trinajstić information content (AvgIpc) is 3.27. The Morgan fingerprint density at radius 1 is 1.14 bits per heavy atom. The standard InChI is InChI=1S/C23H32N4O2/c1-25(15-20-8-14-29-18-20)23(28)21-3-2-11-27(17-21)22-6-12-26(13-7-22)16-19-4-9-24-10-5-19/h4-5,8-10,14,18,21-22H,2-3,6-7,11-13,15-17H2,1H3/t21-/m1/s1. The van der Waals surface area contributed by atoms with Gasteiger partial charge in [-0.1, -0.05) is 0 Å². The third-order valence-corrected chi connectivity index (χ3v) is 6.41. The number of pyridine rings is 1. The van der Waals surface area contributed by atoms with Crippen LogP contribution in [0, 0.1) is 5.92 Å². The lowest BCUT2D eigenvalue weighted by Gasteiger charge is -2.42. The predicted octanol–water partition coefficient (Wildman–Crippen LogP) is 3.01. The summed E-state index contributed by atoms with van der Waals surface area (Å²) in [5.41, 5.74) is 2.39. The van der Waals surface area contributed by atoms with Gasteiger partial charge in [-0.05, 0) is 69.1 Å². The Bertz CT molecular complexity index is 756. The Morgan fingerprint density at radius 2 is 1.93 bits per heavy atom. The van der Waals surface area contributed by atoms with Gasteiger partial charge in [0.2, 0.25) is 5.91 Å². The van der Waals surface area contributed by atoms with Crippen LogP contribution in [-0.2, 0) is 17.9 Å².